The molecule has 0 bridgehead atoms. The lowest BCUT2D eigenvalue weighted by Crippen LogP contribution is -2.05. The number of fused-ring (bicyclic) bond motifs is 6. The Morgan fingerprint density at radius 1 is 0.405 bits per heavy atom. The first-order valence-corrected chi connectivity index (χ1v) is 14.0. The number of rotatable bonds is 3. The minimum atomic E-state index is 0.641. The molecule has 42 heavy (non-hydrogen) atoms. The van der Waals surface area contributed by atoms with Gasteiger partial charge in [0.05, 0.1) is 22.1 Å². The van der Waals surface area contributed by atoms with Gasteiger partial charge < -0.3 is 0 Å². The van der Waals surface area contributed by atoms with E-state index < -0.39 is 0 Å². The summed E-state index contributed by atoms with van der Waals surface area (Å²) in [5.41, 5.74) is 8.52. The Bertz CT molecular complexity index is 2150. The van der Waals surface area contributed by atoms with Crippen molar-refractivity contribution in [1.82, 2.24) is 34.1 Å². The molecule has 8 aromatic rings. The summed E-state index contributed by atoms with van der Waals surface area (Å²) in [5.74, 6) is 2.75. The monoisotopic (exact) mass is 545 g/mol. The van der Waals surface area contributed by atoms with E-state index in [-0.39, 0.29) is 0 Å². The number of hydrogen-bond acceptors (Lipinski definition) is 5. The van der Waals surface area contributed by atoms with E-state index in [2.05, 4.69) is 109 Å². The maximum atomic E-state index is 4.79. The number of benzene rings is 4. The van der Waals surface area contributed by atoms with Crippen LogP contribution in [0.1, 0.15) is 23.0 Å². The fourth-order valence-electron chi connectivity index (χ4n) is 6.24. The van der Waals surface area contributed by atoms with E-state index in [0.29, 0.717) is 23.5 Å². The van der Waals surface area contributed by atoms with Crippen molar-refractivity contribution >= 4 is 43.6 Å². The van der Waals surface area contributed by atoms with Gasteiger partial charge in [-0.3, -0.25) is 9.13 Å². The van der Waals surface area contributed by atoms with Crippen LogP contribution >= 0.6 is 0 Å². The van der Waals surface area contributed by atoms with Gasteiger partial charge in [-0.25, -0.2) is 15.0 Å². The molecule has 0 radical (unpaired) electrons. The minimum Gasteiger partial charge on any atom is -0.278 e. The van der Waals surface area contributed by atoms with Crippen molar-refractivity contribution in [3.8, 4) is 23.0 Å². The molecule has 0 aliphatic heterocycles. The molecule has 7 nitrogen and oxygen atoms in total. The highest BCUT2D eigenvalue weighted by molar-refractivity contribution is 6.12. The number of hydrogen-bond donors (Lipinski definition) is 0. The van der Waals surface area contributed by atoms with Gasteiger partial charge in [0.15, 0.2) is 0 Å². The molecule has 4 aromatic heterocycles. The van der Waals surface area contributed by atoms with E-state index in [4.69, 9.17) is 9.97 Å². The third-order valence-corrected chi connectivity index (χ3v) is 7.90. The van der Waals surface area contributed by atoms with Gasteiger partial charge in [0.1, 0.15) is 11.6 Å². The van der Waals surface area contributed by atoms with Gasteiger partial charge in [0.25, 0.3) is 0 Å². The van der Waals surface area contributed by atoms with Crippen LogP contribution in [0.3, 0.4) is 0 Å². The number of para-hydroxylation sites is 2. The third-order valence-electron chi connectivity index (χ3n) is 7.90. The van der Waals surface area contributed by atoms with E-state index >= 15 is 0 Å². The summed E-state index contributed by atoms with van der Waals surface area (Å²) in [6.45, 7) is 7.84. The predicted molar refractivity (Wildman–Crippen MR) is 168 cm³/mol. The highest BCUT2D eigenvalue weighted by Gasteiger charge is 2.18. The molecular weight excluding hydrogens is 518 g/mol. The zero-order valence-electron chi connectivity index (χ0n) is 23.8. The largest absolute Gasteiger partial charge is 0.278 e. The van der Waals surface area contributed by atoms with Crippen molar-refractivity contribution in [2.75, 3.05) is 0 Å². The van der Waals surface area contributed by atoms with Crippen molar-refractivity contribution in [2.24, 2.45) is 0 Å². The Hall–Kier alpha value is -5.43. The van der Waals surface area contributed by atoms with Gasteiger partial charge in [-0.2, -0.15) is 9.97 Å². The second-order valence-corrected chi connectivity index (χ2v) is 10.8. The fourth-order valence-corrected chi connectivity index (χ4v) is 6.24. The molecule has 0 unspecified atom stereocenters. The number of nitrogens with zero attached hydrogens (tertiary/aromatic N) is 7. The highest BCUT2D eigenvalue weighted by Crippen LogP contribution is 2.37. The molecule has 7 heteroatoms. The van der Waals surface area contributed by atoms with Gasteiger partial charge in [-0.05, 0) is 81.3 Å². The average molecular weight is 546 g/mol. The van der Waals surface area contributed by atoms with E-state index in [1.54, 1.807) is 0 Å². The minimum absolute atomic E-state index is 0.641. The maximum absolute atomic E-state index is 4.79. The number of aromatic nitrogens is 7. The zero-order valence-corrected chi connectivity index (χ0v) is 23.8. The van der Waals surface area contributed by atoms with Gasteiger partial charge in [-0.1, -0.05) is 48.5 Å². The standard InChI is InChI=1S/C35H27N7/c1-20-17-21(2)37-34(36-20)41-30-11-7-5-9-26(30)28-18-24(13-15-32(28)41)25-14-16-33-29(19-25)27-10-6-8-12-31(27)42(33)35-39-22(3)38-23(4)40-35/h5-19H,1-4H3. The molecule has 0 amide bonds. The Kier molecular flexibility index (Phi) is 5.25. The SMILES string of the molecule is Cc1cc(C)nc(-n2c3ccccc3c3cc(-c4ccc5c(c4)c4ccccc4n5-c4nc(C)nc(C)n4)ccc32)n1. The topological polar surface area (TPSA) is 74.3 Å². The molecule has 4 aromatic carbocycles. The van der Waals surface area contributed by atoms with Crippen LogP contribution in [0.2, 0.25) is 0 Å². The van der Waals surface area contributed by atoms with Crippen LogP contribution in [-0.4, -0.2) is 34.1 Å². The lowest BCUT2D eigenvalue weighted by molar-refractivity contribution is 0.864. The van der Waals surface area contributed by atoms with Crippen LogP contribution in [0.4, 0.5) is 0 Å². The fraction of sp³-hybridized carbons (Fsp3) is 0.114. The number of aryl methyl sites for hydroxylation is 4. The van der Waals surface area contributed by atoms with Gasteiger partial charge >= 0.3 is 0 Å². The second kappa shape index (κ2) is 9.04. The van der Waals surface area contributed by atoms with Crippen LogP contribution < -0.4 is 0 Å². The van der Waals surface area contributed by atoms with Crippen molar-refractivity contribution in [3.63, 3.8) is 0 Å². The molecule has 0 aliphatic rings. The van der Waals surface area contributed by atoms with Crippen LogP contribution in [0.5, 0.6) is 0 Å². The summed E-state index contributed by atoms with van der Waals surface area (Å²) in [4.78, 5) is 23.4. The predicted octanol–water partition coefficient (Wildman–Crippen LogP) is 7.76. The lowest BCUT2D eigenvalue weighted by atomic mass is 10.0. The summed E-state index contributed by atoms with van der Waals surface area (Å²) in [7, 11) is 0. The second-order valence-electron chi connectivity index (χ2n) is 10.8. The van der Waals surface area contributed by atoms with Gasteiger partial charge in [0, 0.05) is 32.9 Å². The summed E-state index contributed by atoms with van der Waals surface area (Å²) in [6.07, 6.45) is 0. The Morgan fingerprint density at radius 2 is 0.833 bits per heavy atom. The molecule has 0 saturated carbocycles. The first-order chi connectivity index (χ1) is 20.4. The Morgan fingerprint density at radius 3 is 1.33 bits per heavy atom. The summed E-state index contributed by atoms with van der Waals surface area (Å²) >= 11 is 0. The average Bonchev–Trinajstić information content (AvgIpc) is 3.48. The van der Waals surface area contributed by atoms with E-state index in [0.717, 1.165) is 55.4 Å². The zero-order chi connectivity index (χ0) is 28.5. The molecule has 0 saturated heterocycles. The van der Waals surface area contributed by atoms with Crippen molar-refractivity contribution in [2.45, 2.75) is 27.7 Å². The van der Waals surface area contributed by atoms with E-state index in [1.807, 2.05) is 33.8 Å². The summed E-state index contributed by atoms with van der Waals surface area (Å²) in [6, 6.07) is 32.2. The first kappa shape index (κ1) is 24.4. The smallest absolute Gasteiger partial charge is 0.238 e. The molecule has 202 valence electrons. The van der Waals surface area contributed by atoms with E-state index in [9.17, 15) is 0 Å². The van der Waals surface area contributed by atoms with E-state index in [1.165, 1.54) is 10.8 Å². The molecule has 0 atom stereocenters. The molecular formula is C35H27N7. The van der Waals surface area contributed by atoms with Crippen LogP contribution in [0.25, 0.3) is 66.6 Å². The van der Waals surface area contributed by atoms with Crippen molar-refractivity contribution < 1.29 is 0 Å². The quantitative estimate of drug-likeness (QED) is 0.227. The van der Waals surface area contributed by atoms with Crippen LogP contribution in [0, 0.1) is 27.7 Å². The Balaban J connectivity index is 1.35. The van der Waals surface area contributed by atoms with Crippen LogP contribution in [-0.2, 0) is 0 Å². The maximum Gasteiger partial charge on any atom is 0.238 e. The lowest BCUT2D eigenvalue weighted by Gasteiger charge is -2.09. The first-order valence-electron chi connectivity index (χ1n) is 14.0. The normalized spacial score (nSPS) is 11.8. The van der Waals surface area contributed by atoms with Crippen molar-refractivity contribution in [1.29, 1.82) is 0 Å². The summed E-state index contributed by atoms with van der Waals surface area (Å²) < 4.78 is 4.31. The summed E-state index contributed by atoms with van der Waals surface area (Å²) in [5, 5.41) is 4.67. The highest BCUT2D eigenvalue weighted by atomic mass is 15.2. The molecule has 8 rings (SSSR count). The molecule has 0 fully saturated rings. The third kappa shape index (κ3) is 3.70. The Labute approximate surface area is 242 Å². The molecule has 0 spiro atoms. The molecule has 4 heterocycles. The van der Waals surface area contributed by atoms with Gasteiger partial charge in [-0.15, -0.1) is 0 Å². The molecule has 0 N–H and O–H groups in total. The van der Waals surface area contributed by atoms with Crippen molar-refractivity contribution in [3.05, 3.63) is 114 Å². The molecule has 0 aliphatic carbocycles. The van der Waals surface area contributed by atoms with Crippen LogP contribution in [0.15, 0.2) is 91.0 Å². The van der Waals surface area contributed by atoms with Gasteiger partial charge in [0.2, 0.25) is 11.9 Å².